The highest BCUT2D eigenvalue weighted by atomic mass is 32.1. The minimum Gasteiger partial charge on any atom is -0.389 e. The van der Waals surface area contributed by atoms with Crippen LogP contribution < -0.4 is 11.1 Å². The summed E-state index contributed by atoms with van der Waals surface area (Å²) in [5, 5.41) is 2.86. The summed E-state index contributed by atoms with van der Waals surface area (Å²) in [6.07, 6.45) is 0. The number of nitrogens with one attached hydrogen (secondary N) is 1. The molecule has 0 spiro atoms. The standard InChI is InChI=1S/C14H21N3O2S/c1-10(17(2)7-8-19-3)14(18)16-12-6-4-5-11(9-12)13(15)20/h4-6,9-10H,7-8H2,1-3H3,(H2,15,20)(H,16,18). The zero-order valence-electron chi connectivity index (χ0n) is 12.1. The molecule has 1 atom stereocenters. The van der Waals surface area contributed by atoms with Crippen molar-refractivity contribution < 1.29 is 9.53 Å². The lowest BCUT2D eigenvalue weighted by Gasteiger charge is -2.23. The molecule has 0 aromatic heterocycles. The summed E-state index contributed by atoms with van der Waals surface area (Å²) >= 11 is 4.92. The minimum absolute atomic E-state index is 0.0799. The van der Waals surface area contributed by atoms with Gasteiger partial charge in [0.2, 0.25) is 5.91 Å². The first kappa shape index (κ1) is 16.6. The van der Waals surface area contributed by atoms with Crippen LogP contribution in [0.2, 0.25) is 0 Å². The molecule has 0 heterocycles. The lowest BCUT2D eigenvalue weighted by molar-refractivity contribution is -0.120. The molecule has 0 saturated heterocycles. The maximum absolute atomic E-state index is 12.1. The third kappa shape index (κ3) is 4.88. The van der Waals surface area contributed by atoms with Crippen LogP contribution in [0.4, 0.5) is 5.69 Å². The van der Waals surface area contributed by atoms with Gasteiger partial charge in [0.25, 0.3) is 0 Å². The third-order valence-electron chi connectivity index (χ3n) is 3.10. The Balaban J connectivity index is 2.65. The molecule has 6 heteroatoms. The average molecular weight is 295 g/mol. The second-order valence-electron chi connectivity index (χ2n) is 4.58. The lowest BCUT2D eigenvalue weighted by atomic mass is 10.2. The van der Waals surface area contributed by atoms with Crippen LogP contribution in [0.5, 0.6) is 0 Å². The molecule has 0 saturated carbocycles. The first-order chi connectivity index (χ1) is 9.45. The predicted molar refractivity (Wildman–Crippen MR) is 84.9 cm³/mol. The van der Waals surface area contributed by atoms with Gasteiger partial charge in [-0.1, -0.05) is 24.4 Å². The van der Waals surface area contributed by atoms with Gasteiger partial charge in [0, 0.05) is 24.9 Å². The van der Waals surface area contributed by atoms with Crippen LogP contribution in [-0.2, 0) is 9.53 Å². The van der Waals surface area contributed by atoms with Crippen LogP contribution in [0.15, 0.2) is 24.3 Å². The molecule has 20 heavy (non-hydrogen) atoms. The molecule has 0 aliphatic heterocycles. The van der Waals surface area contributed by atoms with Crippen molar-refractivity contribution in [3.63, 3.8) is 0 Å². The van der Waals surface area contributed by atoms with E-state index in [2.05, 4.69) is 5.32 Å². The summed E-state index contributed by atoms with van der Waals surface area (Å²) in [6, 6.07) is 6.94. The fourth-order valence-corrected chi connectivity index (χ4v) is 1.75. The van der Waals surface area contributed by atoms with Crippen LogP contribution in [-0.4, -0.2) is 49.1 Å². The molecular formula is C14H21N3O2S. The van der Waals surface area contributed by atoms with Gasteiger partial charge in [-0.25, -0.2) is 0 Å². The Labute approximate surface area is 125 Å². The molecule has 0 aliphatic rings. The number of nitrogens with zero attached hydrogens (tertiary/aromatic N) is 1. The van der Waals surface area contributed by atoms with E-state index in [1.807, 2.05) is 37.1 Å². The largest absolute Gasteiger partial charge is 0.389 e. The molecule has 1 amide bonds. The summed E-state index contributed by atoms with van der Waals surface area (Å²) in [7, 11) is 3.52. The molecule has 110 valence electrons. The number of hydrogen-bond donors (Lipinski definition) is 2. The summed E-state index contributed by atoms with van der Waals surface area (Å²) in [5.74, 6) is -0.0799. The molecule has 1 rings (SSSR count). The number of nitrogens with two attached hydrogens (primary N) is 1. The Morgan fingerprint density at radius 2 is 2.25 bits per heavy atom. The topological polar surface area (TPSA) is 67.6 Å². The van der Waals surface area contributed by atoms with Crippen molar-refractivity contribution >= 4 is 28.8 Å². The molecule has 0 radical (unpaired) electrons. The number of anilines is 1. The van der Waals surface area contributed by atoms with Crippen LogP contribution in [0.1, 0.15) is 12.5 Å². The van der Waals surface area contributed by atoms with Crippen LogP contribution in [0.3, 0.4) is 0 Å². The Hall–Kier alpha value is -1.50. The lowest BCUT2D eigenvalue weighted by Crippen LogP contribution is -2.41. The van der Waals surface area contributed by atoms with E-state index >= 15 is 0 Å². The maximum Gasteiger partial charge on any atom is 0.241 e. The van der Waals surface area contributed by atoms with E-state index in [0.29, 0.717) is 23.8 Å². The monoisotopic (exact) mass is 295 g/mol. The first-order valence-electron chi connectivity index (χ1n) is 6.35. The quantitative estimate of drug-likeness (QED) is 0.741. The van der Waals surface area contributed by atoms with E-state index in [-0.39, 0.29) is 11.9 Å². The van der Waals surface area contributed by atoms with Gasteiger partial charge >= 0.3 is 0 Å². The van der Waals surface area contributed by atoms with Crippen molar-refractivity contribution in [1.82, 2.24) is 4.90 Å². The second kappa shape index (κ2) is 7.94. The van der Waals surface area contributed by atoms with Gasteiger partial charge in [0.1, 0.15) is 4.99 Å². The van der Waals surface area contributed by atoms with Crippen molar-refractivity contribution in [2.24, 2.45) is 5.73 Å². The number of carbonyl (C=O) groups excluding carboxylic acids is 1. The average Bonchev–Trinajstić information content (AvgIpc) is 2.44. The predicted octanol–water partition coefficient (Wildman–Crippen LogP) is 1.23. The van der Waals surface area contributed by atoms with Gasteiger partial charge in [-0.15, -0.1) is 0 Å². The Bertz CT molecular complexity index is 479. The summed E-state index contributed by atoms with van der Waals surface area (Å²) in [6.45, 7) is 3.13. The fourth-order valence-electron chi connectivity index (χ4n) is 1.63. The first-order valence-corrected chi connectivity index (χ1v) is 6.76. The van der Waals surface area contributed by atoms with E-state index in [1.165, 1.54) is 0 Å². The van der Waals surface area contributed by atoms with Crippen LogP contribution in [0, 0.1) is 0 Å². The van der Waals surface area contributed by atoms with Gasteiger partial charge in [-0.3, -0.25) is 9.69 Å². The van der Waals surface area contributed by atoms with Gasteiger partial charge < -0.3 is 15.8 Å². The summed E-state index contributed by atoms with van der Waals surface area (Å²) < 4.78 is 5.00. The molecule has 1 unspecified atom stereocenters. The highest BCUT2D eigenvalue weighted by molar-refractivity contribution is 7.80. The van der Waals surface area contributed by atoms with Crippen LogP contribution >= 0.6 is 12.2 Å². The van der Waals surface area contributed by atoms with Crippen molar-refractivity contribution in [2.75, 3.05) is 32.6 Å². The molecule has 1 aromatic rings. The Morgan fingerprint density at radius 1 is 1.55 bits per heavy atom. The summed E-state index contributed by atoms with van der Waals surface area (Å²) in [5.41, 5.74) is 6.99. The number of ether oxygens (including phenoxy) is 1. The SMILES string of the molecule is COCCN(C)C(C)C(=O)Nc1cccc(C(N)=S)c1. The van der Waals surface area contributed by atoms with Gasteiger partial charge in [0.15, 0.2) is 0 Å². The van der Waals surface area contributed by atoms with E-state index in [4.69, 9.17) is 22.7 Å². The molecule has 0 bridgehead atoms. The Kier molecular flexibility index (Phi) is 6.57. The van der Waals surface area contributed by atoms with Gasteiger partial charge in [-0.2, -0.15) is 0 Å². The Morgan fingerprint density at radius 3 is 2.85 bits per heavy atom. The number of amides is 1. The number of carbonyl (C=O) groups is 1. The van der Waals surface area contributed by atoms with Crippen molar-refractivity contribution in [3.05, 3.63) is 29.8 Å². The number of rotatable bonds is 7. The number of benzene rings is 1. The second-order valence-corrected chi connectivity index (χ2v) is 5.02. The maximum atomic E-state index is 12.1. The molecule has 0 fully saturated rings. The third-order valence-corrected chi connectivity index (χ3v) is 3.34. The molecule has 1 aromatic carbocycles. The smallest absolute Gasteiger partial charge is 0.241 e. The van der Waals surface area contributed by atoms with E-state index in [9.17, 15) is 4.79 Å². The number of thiocarbonyl (C=S) groups is 1. The molecular weight excluding hydrogens is 274 g/mol. The zero-order chi connectivity index (χ0) is 15.1. The zero-order valence-corrected chi connectivity index (χ0v) is 12.9. The van der Waals surface area contributed by atoms with Crippen LogP contribution in [0.25, 0.3) is 0 Å². The minimum atomic E-state index is -0.251. The summed E-state index contributed by atoms with van der Waals surface area (Å²) in [4.78, 5) is 14.4. The number of hydrogen-bond acceptors (Lipinski definition) is 4. The highest BCUT2D eigenvalue weighted by Gasteiger charge is 2.17. The molecule has 3 N–H and O–H groups in total. The van der Waals surface area contributed by atoms with Crippen molar-refractivity contribution in [3.8, 4) is 0 Å². The molecule has 0 aliphatic carbocycles. The molecule has 5 nitrogen and oxygen atoms in total. The number of likely N-dealkylation sites (N-methyl/N-ethyl adjacent to an activating group) is 1. The fraction of sp³-hybridized carbons (Fsp3) is 0.429. The normalized spacial score (nSPS) is 12.2. The van der Waals surface area contributed by atoms with E-state index < -0.39 is 0 Å². The van der Waals surface area contributed by atoms with Gasteiger partial charge in [-0.05, 0) is 26.1 Å². The van der Waals surface area contributed by atoms with E-state index in [1.54, 1.807) is 13.2 Å². The van der Waals surface area contributed by atoms with E-state index in [0.717, 1.165) is 5.56 Å². The van der Waals surface area contributed by atoms with Crippen molar-refractivity contribution in [2.45, 2.75) is 13.0 Å². The highest BCUT2D eigenvalue weighted by Crippen LogP contribution is 2.11. The van der Waals surface area contributed by atoms with Crippen molar-refractivity contribution in [1.29, 1.82) is 0 Å². The number of methoxy groups -OCH3 is 1. The van der Waals surface area contributed by atoms with Gasteiger partial charge in [0.05, 0.1) is 12.6 Å².